The lowest BCUT2D eigenvalue weighted by Gasteiger charge is -2.35. The van der Waals surface area contributed by atoms with E-state index >= 15 is 0 Å². The summed E-state index contributed by atoms with van der Waals surface area (Å²) in [6.07, 6.45) is 12.5. The van der Waals surface area contributed by atoms with Crippen molar-refractivity contribution in [3.05, 3.63) is 0 Å². The van der Waals surface area contributed by atoms with E-state index in [0.29, 0.717) is 12.1 Å². The molecule has 3 heteroatoms. The molecule has 2 saturated carbocycles. The Morgan fingerprint density at radius 1 is 1.05 bits per heavy atom. The van der Waals surface area contributed by atoms with Gasteiger partial charge in [-0.1, -0.05) is 32.6 Å². The lowest BCUT2D eigenvalue weighted by atomic mass is 9.84. The molecule has 2 aliphatic rings. The third-order valence-electron chi connectivity index (χ3n) is 5.19. The van der Waals surface area contributed by atoms with Gasteiger partial charge in [-0.05, 0) is 44.4 Å². The Hall–Kier alpha value is -0.730. The molecule has 0 aromatic heterocycles. The van der Waals surface area contributed by atoms with Crippen LogP contribution in [0.15, 0.2) is 0 Å². The van der Waals surface area contributed by atoms with E-state index in [1.54, 1.807) is 0 Å². The zero-order valence-corrected chi connectivity index (χ0v) is 12.7. The van der Waals surface area contributed by atoms with Crippen LogP contribution in [0, 0.1) is 5.92 Å². The molecule has 2 rings (SSSR count). The molecule has 0 aromatic rings. The number of rotatable bonds is 3. The Labute approximate surface area is 118 Å². The molecule has 1 N–H and O–H groups in total. The van der Waals surface area contributed by atoms with Crippen molar-refractivity contribution in [3.8, 4) is 0 Å². The summed E-state index contributed by atoms with van der Waals surface area (Å²) in [5.41, 5.74) is 0. The number of carbonyl (C=O) groups is 1. The Bertz CT molecular complexity index is 278. The maximum Gasteiger partial charge on any atom is 0.317 e. The average Bonchev–Trinajstić information content (AvgIpc) is 2.47. The predicted molar refractivity (Wildman–Crippen MR) is 79.2 cm³/mol. The van der Waals surface area contributed by atoms with Crippen molar-refractivity contribution in [1.82, 2.24) is 10.2 Å². The van der Waals surface area contributed by atoms with Gasteiger partial charge >= 0.3 is 6.03 Å². The smallest absolute Gasteiger partial charge is 0.317 e. The second-order valence-electron chi connectivity index (χ2n) is 6.48. The second kappa shape index (κ2) is 7.16. The van der Waals surface area contributed by atoms with Gasteiger partial charge in [0.1, 0.15) is 0 Å². The summed E-state index contributed by atoms with van der Waals surface area (Å²) < 4.78 is 0. The van der Waals surface area contributed by atoms with Crippen LogP contribution >= 0.6 is 0 Å². The van der Waals surface area contributed by atoms with Gasteiger partial charge in [0.25, 0.3) is 0 Å². The zero-order chi connectivity index (χ0) is 13.7. The number of hydrogen-bond donors (Lipinski definition) is 1. The van der Waals surface area contributed by atoms with Gasteiger partial charge in [-0.15, -0.1) is 0 Å². The van der Waals surface area contributed by atoms with Crippen LogP contribution in [-0.4, -0.2) is 30.1 Å². The van der Waals surface area contributed by atoms with E-state index in [1.165, 1.54) is 64.2 Å². The number of nitrogens with zero attached hydrogens (tertiary/aromatic N) is 1. The van der Waals surface area contributed by atoms with Gasteiger partial charge in [-0.25, -0.2) is 4.79 Å². The van der Waals surface area contributed by atoms with Crippen molar-refractivity contribution >= 4 is 6.03 Å². The Morgan fingerprint density at radius 2 is 1.68 bits per heavy atom. The predicted octanol–water partition coefficient (Wildman–Crippen LogP) is 3.93. The van der Waals surface area contributed by atoms with Crippen LogP contribution in [0.3, 0.4) is 0 Å². The van der Waals surface area contributed by atoms with Crippen molar-refractivity contribution in [2.75, 3.05) is 7.05 Å². The quantitative estimate of drug-likeness (QED) is 0.824. The minimum atomic E-state index is 0.159. The van der Waals surface area contributed by atoms with Crippen LogP contribution in [-0.2, 0) is 0 Å². The molecule has 19 heavy (non-hydrogen) atoms. The fourth-order valence-corrected chi connectivity index (χ4v) is 3.63. The summed E-state index contributed by atoms with van der Waals surface area (Å²) in [7, 11) is 1.98. The van der Waals surface area contributed by atoms with E-state index in [-0.39, 0.29) is 6.03 Å². The van der Waals surface area contributed by atoms with Gasteiger partial charge < -0.3 is 10.2 Å². The maximum atomic E-state index is 12.3. The van der Waals surface area contributed by atoms with Gasteiger partial charge in [-0.3, -0.25) is 0 Å². The summed E-state index contributed by atoms with van der Waals surface area (Å²) in [5.74, 6) is 0.894. The highest BCUT2D eigenvalue weighted by Crippen LogP contribution is 2.29. The standard InChI is InChI=1S/C16H30N2O/c1-3-13-9-11-15(12-10-13)18(2)16(19)17-14-7-5-4-6-8-14/h13-15H,3-12H2,1-2H3,(H,17,19). The van der Waals surface area contributed by atoms with Crippen molar-refractivity contribution in [2.45, 2.75) is 83.2 Å². The maximum absolute atomic E-state index is 12.3. The highest BCUT2D eigenvalue weighted by atomic mass is 16.2. The lowest BCUT2D eigenvalue weighted by molar-refractivity contribution is 0.155. The van der Waals surface area contributed by atoms with Crippen LogP contribution < -0.4 is 5.32 Å². The largest absolute Gasteiger partial charge is 0.335 e. The SMILES string of the molecule is CCC1CCC(N(C)C(=O)NC2CCCCC2)CC1. The van der Waals surface area contributed by atoms with E-state index < -0.39 is 0 Å². The number of carbonyl (C=O) groups excluding carboxylic acids is 1. The van der Waals surface area contributed by atoms with Crippen molar-refractivity contribution in [1.29, 1.82) is 0 Å². The van der Waals surface area contributed by atoms with Gasteiger partial charge in [0, 0.05) is 19.1 Å². The molecule has 0 bridgehead atoms. The molecule has 2 fully saturated rings. The fraction of sp³-hybridized carbons (Fsp3) is 0.938. The van der Waals surface area contributed by atoms with Crippen LogP contribution in [0.2, 0.25) is 0 Å². The molecule has 0 aromatic carbocycles. The van der Waals surface area contributed by atoms with Crippen molar-refractivity contribution < 1.29 is 4.79 Å². The van der Waals surface area contributed by atoms with Crippen LogP contribution in [0.1, 0.15) is 71.1 Å². The topological polar surface area (TPSA) is 32.3 Å². The van der Waals surface area contributed by atoms with Gasteiger partial charge in [0.15, 0.2) is 0 Å². The molecule has 0 spiro atoms. The highest BCUT2D eigenvalue weighted by molar-refractivity contribution is 5.74. The first-order valence-electron chi connectivity index (χ1n) is 8.24. The molecule has 0 aliphatic heterocycles. The molecule has 110 valence electrons. The molecular formula is C16H30N2O. The minimum Gasteiger partial charge on any atom is -0.335 e. The third-order valence-corrected chi connectivity index (χ3v) is 5.19. The van der Waals surface area contributed by atoms with Crippen molar-refractivity contribution in [3.63, 3.8) is 0 Å². The number of urea groups is 1. The van der Waals surface area contributed by atoms with E-state index in [4.69, 9.17) is 0 Å². The van der Waals surface area contributed by atoms with Gasteiger partial charge in [0.2, 0.25) is 0 Å². The first kappa shape index (κ1) is 14.7. The highest BCUT2D eigenvalue weighted by Gasteiger charge is 2.27. The number of nitrogens with one attached hydrogen (secondary N) is 1. The Balaban J connectivity index is 1.75. The average molecular weight is 266 g/mol. The molecule has 0 radical (unpaired) electrons. The summed E-state index contributed by atoms with van der Waals surface area (Å²) in [4.78, 5) is 14.2. The molecule has 2 aliphatic carbocycles. The van der Waals surface area contributed by atoms with E-state index in [9.17, 15) is 4.79 Å². The van der Waals surface area contributed by atoms with E-state index in [0.717, 1.165) is 5.92 Å². The van der Waals surface area contributed by atoms with Gasteiger partial charge in [-0.2, -0.15) is 0 Å². The third kappa shape index (κ3) is 4.12. The zero-order valence-electron chi connectivity index (χ0n) is 12.7. The minimum absolute atomic E-state index is 0.159. The summed E-state index contributed by atoms with van der Waals surface area (Å²) in [6, 6.07) is 1.05. The molecule has 3 nitrogen and oxygen atoms in total. The normalized spacial score (nSPS) is 28.9. The molecule has 2 amide bonds. The van der Waals surface area contributed by atoms with Crippen LogP contribution in [0.4, 0.5) is 4.79 Å². The van der Waals surface area contributed by atoms with E-state index in [2.05, 4.69) is 12.2 Å². The van der Waals surface area contributed by atoms with Crippen LogP contribution in [0.5, 0.6) is 0 Å². The first-order valence-corrected chi connectivity index (χ1v) is 8.24. The van der Waals surface area contributed by atoms with Gasteiger partial charge in [0.05, 0.1) is 0 Å². The second-order valence-corrected chi connectivity index (χ2v) is 6.48. The molecule has 0 unspecified atom stereocenters. The molecule has 0 heterocycles. The summed E-state index contributed by atoms with van der Waals surface area (Å²) in [6.45, 7) is 2.28. The first-order chi connectivity index (χ1) is 9.20. The van der Waals surface area contributed by atoms with Crippen LogP contribution in [0.25, 0.3) is 0 Å². The Kier molecular flexibility index (Phi) is 5.53. The molecule has 0 atom stereocenters. The fourth-order valence-electron chi connectivity index (χ4n) is 3.63. The number of hydrogen-bond acceptors (Lipinski definition) is 1. The molecular weight excluding hydrogens is 236 g/mol. The monoisotopic (exact) mass is 266 g/mol. The number of amides is 2. The molecule has 0 saturated heterocycles. The summed E-state index contributed by atoms with van der Waals surface area (Å²) in [5, 5.41) is 3.23. The van der Waals surface area contributed by atoms with E-state index in [1.807, 2.05) is 11.9 Å². The lowest BCUT2D eigenvalue weighted by Crippen LogP contribution is -2.48. The summed E-state index contributed by atoms with van der Waals surface area (Å²) >= 11 is 0. The Morgan fingerprint density at radius 3 is 2.26 bits per heavy atom. The van der Waals surface area contributed by atoms with Crippen molar-refractivity contribution in [2.24, 2.45) is 5.92 Å².